The molecule has 0 aliphatic carbocycles. The second-order valence-corrected chi connectivity index (χ2v) is 6.71. The van der Waals surface area contributed by atoms with Gasteiger partial charge in [0.1, 0.15) is 11.8 Å². The Kier molecular flexibility index (Phi) is 5.06. The van der Waals surface area contributed by atoms with Gasteiger partial charge in [-0.25, -0.2) is 0 Å². The molecule has 1 N–H and O–H groups in total. The van der Waals surface area contributed by atoms with Crippen LogP contribution in [0.25, 0.3) is 0 Å². The Hall–Kier alpha value is -3.22. The SMILES string of the molecule is CCOc1ccc(NC(=O)C2CCC(=O)N2Cc2ccc3c(c2)OCO3)cc1. The minimum Gasteiger partial charge on any atom is -0.494 e. The third-order valence-electron chi connectivity index (χ3n) is 4.85. The van der Waals surface area contributed by atoms with E-state index in [0.29, 0.717) is 43.2 Å². The molecule has 2 aliphatic rings. The first kappa shape index (κ1) is 18.2. The van der Waals surface area contributed by atoms with Gasteiger partial charge in [-0.15, -0.1) is 0 Å². The predicted octanol–water partition coefficient (Wildman–Crippen LogP) is 2.94. The highest BCUT2D eigenvalue weighted by Gasteiger charge is 2.36. The van der Waals surface area contributed by atoms with Gasteiger partial charge in [-0.1, -0.05) is 6.07 Å². The van der Waals surface area contributed by atoms with Crippen molar-refractivity contribution in [2.45, 2.75) is 32.4 Å². The molecule has 7 heteroatoms. The maximum Gasteiger partial charge on any atom is 0.247 e. The highest BCUT2D eigenvalue weighted by atomic mass is 16.7. The van der Waals surface area contributed by atoms with Gasteiger partial charge in [0, 0.05) is 18.7 Å². The molecule has 1 unspecified atom stereocenters. The maximum absolute atomic E-state index is 12.8. The van der Waals surface area contributed by atoms with Crippen LogP contribution in [0.3, 0.4) is 0 Å². The van der Waals surface area contributed by atoms with E-state index in [1.807, 2.05) is 37.3 Å². The fraction of sp³-hybridized carbons (Fsp3) is 0.333. The summed E-state index contributed by atoms with van der Waals surface area (Å²) in [5.74, 6) is 1.90. The number of nitrogens with zero attached hydrogens (tertiary/aromatic N) is 1. The molecular weight excluding hydrogens is 360 g/mol. The van der Waals surface area contributed by atoms with Crippen LogP contribution >= 0.6 is 0 Å². The smallest absolute Gasteiger partial charge is 0.247 e. The Balaban J connectivity index is 1.44. The van der Waals surface area contributed by atoms with Gasteiger partial charge < -0.3 is 24.4 Å². The molecule has 0 aromatic heterocycles. The molecule has 0 radical (unpaired) electrons. The van der Waals surface area contributed by atoms with E-state index in [1.165, 1.54) is 0 Å². The summed E-state index contributed by atoms with van der Waals surface area (Å²) in [6.07, 6.45) is 0.873. The van der Waals surface area contributed by atoms with Gasteiger partial charge in [0.05, 0.1) is 6.61 Å². The zero-order valence-corrected chi connectivity index (χ0v) is 15.6. The minimum absolute atomic E-state index is 0.0236. The number of likely N-dealkylation sites (tertiary alicyclic amines) is 1. The van der Waals surface area contributed by atoms with Crippen LogP contribution in [-0.2, 0) is 16.1 Å². The fourth-order valence-corrected chi connectivity index (χ4v) is 3.47. The Morgan fingerprint density at radius 2 is 1.96 bits per heavy atom. The number of amides is 2. The average molecular weight is 382 g/mol. The molecule has 4 rings (SSSR count). The van der Waals surface area contributed by atoms with Crippen LogP contribution in [-0.4, -0.2) is 36.2 Å². The molecule has 2 heterocycles. The van der Waals surface area contributed by atoms with Crippen molar-refractivity contribution in [2.24, 2.45) is 0 Å². The second-order valence-electron chi connectivity index (χ2n) is 6.71. The van der Waals surface area contributed by atoms with Crippen LogP contribution < -0.4 is 19.5 Å². The molecule has 0 saturated carbocycles. The maximum atomic E-state index is 12.8. The van der Waals surface area contributed by atoms with Gasteiger partial charge in [-0.05, 0) is 55.3 Å². The lowest BCUT2D eigenvalue weighted by molar-refractivity contribution is -0.133. The molecule has 28 heavy (non-hydrogen) atoms. The van der Waals surface area contributed by atoms with Crippen LogP contribution in [0.5, 0.6) is 17.2 Å². The monoisotopic (exact) mass is 382 g/mol. The van der Waals surface area contributed by atoms with Crippen molar-refractivity contribution >= 4 is 17.5 Å². The first-order valence-corrected chi connectivity index (χ1v) is 9.36. The van der Waals surface area contributed by atoms with Crippen molar-refractivity contribution in [3.05, 3.63) is 48.0 Å². The summed E-state index contributed by atoms with van der Waals surface area (Å²) < 4.78 is 16.1. The highest BCUT2D eigenvalue weighted by Crippen LogP contribution is 2.33. The van der Waals surface area contributed by atoms with E-state index in [1.54, 1.807) is 17.0 Å². The zero-order chi connectivity index (χ0) is 19.5. The van der Waals surface area contributed by atoms with E-state index in [9.17, 15) is 9.59 Å². The largest absolute Gasteiger partial charge is 0.494 e. The van der Waals surface area contributed by atoms with Crippen LogP contribution in [0.15, 0.2) is 42.5 Å². The van der Waals surface area contributed by atoms with E-state index in [4.69, 9.17) is 14.2 Å². The number of nitrogens with one attached hydrogen (secondary N) is 1. The van der Waals surface area contributed by atoms with Crippen molar-refractivity contribution in [1.29, 1.82) is 0 Å². The third-order valence-corrected chi connectivity index (χ3v) is 4.85. The average Bonchev–Trinajstić information content (AvgIpc) is 3.30. The Morgan fingerprint density at radius 3 is 2.75 bits per heavy atom. The standard InChI is InChI=1S/C21H22N2O5/c1-2-26-16-6-4-15(5-7-16)22-21(25)17-8-10-20(24)23(17)12-14-3-9-18-19(11-14)28-13-27-18/h3-7,9,11,17H,2,8,10,12-13H2,1H3,(H,22,25). The highest BCUT2D eigenvalue weighted by molar-refractivity contribution is 5.99. The number of anilines is 1. The molecule has 2 aromatic rings. The van der Waals surface area contributed by atoms with Crippen molar-refractivity contribution in [3.63, 3.8) is 0 Å². The first-order valence-electron chi connectivity index (χ1n) is 9.36. The Bertz CT molecular complexity index is 881. The lowest BCUT2D eigenvalue weighted by Crippen LogP contribution is -2.41. The summed E-state index contributed by atoms with van der Waals surface area (Å²) in [6, 6.07) is 12.3. The minimum atomic E-state index is -0.496. The van der Waals surface area contributed by atoms with Crippen molar-refractivity contribution in [3.8, 4) is 17.2 Å². The van der Waals surface area contributed by atoms with Gasteiger partial charge in [0.2, 0.25) is 18.6 Å². The molecule has 7 nitrogen and oxygen atoms in total. The summed E-state index contributed by atoms with van der Waals surface area (Å²) in [6.45, 7) is 3.07. The molecule has 1 atom stereocenters. The summed E-state index contributed by atoms with van der Waals surface area (Å²) in [4.78, 5) is 26.8. The Labute approximate surface area is 163 Å². The second kappa shape index (κ2) is 7.80. The predicted molar refractivity (Wildman–Crippen MR) is 102 cm³/mol. The molecule has 2 amide bonds. The van der Waals surface area contributed by atoms with Crippen molar-refractivity contribution < 1.29 is 23.8 Å². The van der Waals surface area contributed by atoms with Gasteiger partial charge in [-0.3, -0.25) is 9.59 Å². The lowest BCUT2D eigenvalue weighted by Gasteiger charge is -2.24. The van der Waals surface area contributed by atoms with E-state index < -0.39 is 6.04 Å². The van der Waals surface area contributed by atoms with Crippen LogP contribution in [0.1, 0.15) is 25.3 Å². The van der Waals surface area contributed by atoms with E-state index in [0.717, 1.165) is 11.3 Å². The number of ether oxygens (including phenoxy) is 3. The molecular formula is C21H22N2O5. The van der Waals surface area contributed by atoms with E-state index in [-0.39, 0.29) is 18.6 Å². The van der Waals surface area contributed by atoms with Gasteiger partial charge >= 0.3 is 0 Å². The van der Waals surface area contributed by atoms with Crippen molar-refractivity contribution in [1.82, 2.24) is 4.90 Å². The first-order chi connectivity index (χ1) is 13.6. The quantitative estimate of drug-likeness (QED) is 0.831. The van der Waals surface area contributed by atoms with Crippen LogP contribution in [0.2, 0.25) is 0 Å². The summed E-state index contributed by atoms with van der Waals surface area (Å²) >= 11 is 0. The molecule has 146 valence electrons. The summed E-state index contributed by atoms with van der Waals surface area (Å²) in [5.41, 5.74) is 1.58. The third kappa shape index (κ3) is 3.74. The Morgan fingerprint density at radius 1 is 1.18 bits per heavy atom. The summed E-state index contributed by atoms with van der Waals surface area (Å²) in [5, 5.41) is 2.90. The molecule has 0 spiro atoms. The molecule has 2 aliphatic heterocycles. The molecule has 2 aromatic carbocycles. The fourth-order valence-electron chi connectivity index (χ4n) is 3.47. The number of carbonyl (C=O) groups excluding carboxylic acids is 2. The normalized spacial score (nSPS) is 17.7. The topological polar surface area (TPSA) is 77.1 Å². The van der Waals surface area contributed by atoms with Gasteiger partial charge in [0.15, 0.2) is 11.5 Å². The van der Waals surface area contributed by atoms with E-state index in [2.05, 4.69) is 5.32 Å². The molecule has 1 saturated heterocycles. The van der Waals surface area contributed by atoms with Gasteiger partial charge in [0.25, 0.3) is 0 Å². The summed E-state index contributed by atoms with van der Waals surface area (Å²) in [7, 11) is 0. The van der Waals surface area contributed by atoms with E-state index >= 15 is 0 Å². The number of rotatable bonds is 6. The number of benzene rings is 2. The van der Waals surface area contributed by atoms with Gasteiger partial charge in [-0.2, -0.15) is 0 Å². The van der Waals surface area contributed by atoms with Crippen LogP contribution in [0, 0.1) is 0 Å². The number of fused-ring (bicyclic) bond motifs is 1. The zero-order valence-electron chi connectivity index (χ0n) is 15.6. The molecule has 1 fully saturated rings. The number of hydrogen-bond acceptors (Lipinski definition) is 5. The van der Waals surface area contributed by atoms with Crippen LogP contribution in [0.4, 0.5) is 5.69 Å². The number of carbonyl (C=O) groups is 2. The lowest BCUT2D eigenvalue weighted by atomic mass is 10.1. The van der Waals surface area contributed by atoms with Crippen molar-refractivity contribution in [2.75, 3.05) is 18.7 Å². The molecule has 0 bridgehead atoms. The number of hydrogen-bond donors (Lipinski definition) is 1.